The Morgan fingerprint density at radius 2 is 2.27 bits per heavy atom. The first-order valence-corrected chi connectivity index (χ1v) is 7.95. The average molecular weight is 315 g/mol. The molecule has 3 rings (SSSR count). The Bertz CT molecular complexity index is 807. The van der Waals surface area contributed by atoms with Crippen LogP contribution < -0.4 is 11.1 Å². The summed E-state index contributed by atoms with van der Waals surface area (Å²) < 4.78 is 1.91. The molecule has 0 aliphatic heterocycles. The van der Waals surface area contributed by atoms with Crippen LogP contribution in [0.5, 0.6) is 0 Å². The first-order valence-electron chi connectivity index (χ1n) is 7.07. The van der Waals surface area contributed by atoms with E-state index in [0.717, 1.165) is 29.9 Å². The van der Waals surface area contributed by atoms with Crippen LogP contribution in [0.15, 0.2) is 29.8 Å². The highest BCUT2D eigenvalue weighted by atomic mass is 32.1. The molecule has 3 heterocycles. The number of rotatable bonds is 5. The first kappa shape index (κ1) is 14.5. The van der Waals surface area contributed by atoms with E-state index in [2.05, 4.69) is 15.3 Å². The lowest BCUT2D eigenvalue weighted by molar-refractivity contribution is 0.0948. The number of anilines is 1. The number of hydrogen-bond donors (Lipinski definition) is 2. The normalized spacial score (nSPS) is 11.0. The van der Waals surface area contributed by atoms with Crippen molar-refractivity contribution in [1.29, 1.82) is 0 Å². The Labute approximate surface area is 132 Å². The molecule has 0 spiro atoms. The number of nitrogen functional groups attached to an aromatic ring is 1. The summed E-state index contributed by atoms with van der Waals surface area (Å²) in [4.78, 5) is 20.8. The van der Waals surface area contributed by atoms with E-state index in [-0.39, 0.29) is 5.91 Å². The number of amides is 1. The Kier molecular flexibility index (Phi) is 4.06. The van der Waals surface area contributed by atoms with Crippen molar-refractivity contribution in [3.05, 3.63) is 46.9 Å². The van der Waals surface area contributed by atoms with E-state index in [0.29, 0.717) is 17.4 Å². The molecule has 0 radical (unpaired) electrons. The molecule has 0 saturated carbocycles. The Morgan fingerprint density at radius 1 is 1.41 bits per heavy atom. The number of carbonyl (C=O) groups is 1. The molecule has 0 aromatic carbocycles. The van der Waals surface area contributed by atoms with Gasteiger partial charge in [0.15, 0.2) is 5.13 Å². The maximum Gasteiger partial charge on any atom is 0.271 e. The van der Waals surface area contributed by atoms with Crippen molar-refractivity contribution in [3.63, 3.8) is 0 Å². The van der Waals surface area contributed by atoms with E-state index in [9.17, 15) is 4.79 Å². The maximum absolute atomic E-state index is 12.2. The molecular formula is C15H17N5OS. The van der Waals surface area contributed by atoms with Crippen LogP contribution in [0, 0.1) is 6.92 Å². The Morgan fingerprint density at radius 3 is 3.00 bits per heavy atom. The van der Waals surface area contributed by atoms with E-state index in [1.807, 2.05) is 41.1 Å². The third kappa shape index (κ3) is 2.94. The van der Waals surface area contributed by atoms with Crippen molar-refractivity contribution < 1.29 is 4.79 Å². The van der Waals surface area contributed by atoms with Crippen LogP contribution in [0.4, 0.5) is 5.13 Å². The van der Waals surface area contributed by atoms with Gasteiger partial charge in [-0.2, -0.15) is 0 Å². The second kappa shape index (κ2) is 6.15. The molecule has 3 aromatic heterocycles. The molecular weight excluding hydrogens is 298 g/mol. The van der Waals surface area contributed by atoms with Crippen molar-refractivity contribution >= 4 is 28.0 Å². The van der Waals surface area contributed by atoms with Gasteiger partial charge in [0, 0.05) is 18.1 Å². The van der Waals surface area contributed by atoms with Crippen LogP contribution in [-0.2, 0) is 6.42 Å². The van der Waals surface area contributed by atoms with Gasteiger partial charge in [0.2, 0.25) is 0 Å². The zero-order chi connectivity index (χ0) is 15.5. The lowest BCUT2D eigenvalue weighted by atomic mass is 10.2. The zero-order valence-corrected chi connectivity index (χ0v) is 13.1. The lowest BCUT2D eigenvalue weighted by Gasteiger charge is -2.03. The highest BCUT2D eigenvalue weighted by Crippen LogP contribution is 2.13. The number of carbonyl (C=O) groups excluding carboxylic acids is 1. The van der Waals surface area contributed by atoms with E-state index in [1.54, 1.807) is 0 Å². The van der Waals surface area contributed by atoms with Gasteiger partial charge in [0.05, 0.1) is 11.4 Å². The van der Waals surface area contributed by atoms with Gasteiger partial charge in [0.1, 0.15) is 11.3 Å². The summed E-state index contributed by atoms with van der Waals surface area (Å²) in [5.41, 5.74) is 8.66. The summed E-state index contributed by atoms with van der Waals surface area (Å²) in [6, 6.07) is 5.71. The summed E-state index contributed by atoms with van der Waals surface area (Å²) in [5.74, 6) is -0.140. The highest BCUT2D eigenvalue weighted by molar-refractivity contribution is 7.13. The van der Waals surface area contributed by atoms with Gasteiger partial charge >= 0.3 is 0 Å². The van der Waals surface area contributed by atoms with Crippen LogP contribution in [0.1, 0.15) is 28.3 Å². The summed E-state index contributed by atoms with van der Waals surface area (Å²) in [5, 5.41) is 5.44. The number of nitrogens with zero attached hydrogens (tertiary/aromatic N) is 3. The van der Waals surface area contributed by atoms with E-state index >= 15 is 0 Å². The fraction of sp³-hybridized carbons (Fsp3) is 0.267. The molecule has 0 aliphatic rings. The van der Waals surface area contributed by atoms with Crippen molar-refractivity contribution in [2.45, 2.75) is 19.8 Å². The number of aryl methyl sites for hydroxylation is 2. The maximum atomic E-state index is 12.2. The highest BCUT2D eigenvalue weighted by Gasteiger charge is 2.14. The quantitative estimate of drug-likeness (QED) is 0.706. The van der Waals surface area contributed by atoms with E-state index < -0.39 is 0 Å². The molecule has 6 nitrogen and oxygen atoms in total. The summed E-state index contributed by atoms with van der Waals surface area (Å²) in [6.07, 6.45) is 3.53. The van der Waals surface area contributed by atoms with Crippen LogP contribution >= 0.6 is 11.3 Å². The largest absolute Gasteiger partial charge is 0.375 e. The van der Waals surface area contributed by atoms with Crippen molar-refractivity contribution in [2.24, 2.45) is 0 Å². The standard InChI is InChI=1S/C15H17N5OS/c1-10-13(19-12-6-2-3-8-20(10)12)14(21)17-7-4-5-11-9-22-15(16)18-11/h2-3,6,8-9H,4-5,7H2,1H3,(H2,16,18)(H,17,21). The molecule has 3 aromatic rings. The second-order valence-corrected chi connectivity index (χ2v) is 5.90. The van der Waals surface area contributed by atoms with E-state index in [1.165, 1.54) is 11.3 Å². The second-order valence-electron chi connectivity index (χ2n) is 5.01. The third-order valence-electron chi connectivity index (χ3n) is 3.45. The molecule has 0 atom stereocenters. The average Bonchev–Trinajstić information content (AvgIpc) is 3.08. The van der Waals surface area contributed by atoms with Gasteiger partial charge in [-0.3, -0.25) is 4.79 Å². The lowest BCUT2D eigenvalue weighted by Crippen LogP contribution is -2.25. The number of imidazole rings is 1. The summed E-state index contributed by atoms with van der Waals surface area (Å²) in [7, 11) is 0. The minimum atomic E-state index is -0.140. The fourth-order valence-corrected chi connectivity index (χ4v) is 2.92. The van der Waals surface area contributed by atoms with E-state index in [4.69, 9.17) is 5.73 Å². The molecule has 0 saturated heterocycles. The fourth-order valence-electron chi connectivity index (χ4n) is 2.33. The predicted octanol–water partition coefficient (Wildman–Crippen LogP) is 2.04. The molecule has 22 heavy (non-hydrogen) atoms. The van der Waals surface area contributed by atoms with Crippen molar-refractivity contribution in [3.8, 4) is 0 Å². The molecule has 1 amide bonds. The summed E-state index contributed by atoms with van der Waals surface area (Å²) >= 11 is 1.44. The van der Waals surface area contributed by atoms with Gasteiger partial charge in [-0.05, 0) is 31.9 Å². The number of nitrogens with two attached hydrogens (primary N) is 1. The van der Waals surface area contributed by atoms with Crippen molar-refractivity contribution in [1.82, 2.24) is 19.7 Å². The van der Waals surface area contributed by atoms with Crippen LogP contribution in [0.25, 0.3) is 5.65 Å². The molecule has 0 aliphatic carbocycles. The molecule has 0 bridgehead atoms. The van der Waals surface area contributed by atoms with Gasteiger partial charge in [-0.1, -0.05) is 6.07 Å². The third-order valence-corrected chi connectivity index (χ3v) is 4.17. The topological polar surface area (TPSA) is 85.3 Å². The minimum absolute atomic E-state index is 0.140. The SMILES string of the molecule is Cc1c(C(=O)NCCCc2csc(N)n2)nc2ccccn12. The molecule has 114 valence electrons. The van der Waals surface area contributed by atoms with Gasteiger partial charge < -0.3 is 15.5 Å². The van der Waals surface area contributed by atoms with Gasteiger partial charge in [-0.15, -0.1) is 11.3 Å². The monoisotopic (exact) mass is 315 g/mol. The Balaban J connectivity index is 1.58. The smallest absolute Gasteiger partial charge is 0.271 e. The number of aromatic nitrogens is 3. The minimum Gasteiger partial charge on any atom is -0.375 e. The van der Waals surface area contributed by atoms with Crippen LogP contribution in [0.3, 0.4) is 0 Å². The number of fused-ring (bicyclic) bond motifs is 1. The number of nitrogens with one attached hydrogen (secondary N) is 1. The van der Waals surface area contributed by atoms with Gasteiger partial charge in [-0.25, -0.2) is 9.97 Å². The molecule has 7 heteroatoms. The number of thiazole rings is 1. The zero-order valence-electron chi connectivity index (χ0n) is 12.2. The van der Waals surface area contributed by atoms with Crippen LogP contribution in [0.2, 0.25) is 0 Å². The number of hydrogen-bond acceptors (Lipinski definition) is 5. The van der Waals surface area contributed by atoms with Crippen LogP contribution in [-0.4, -0.2) is 26.8 Å². The van der Waals surface area contributed by atoms with Gasteiger partial charge in [0.25, 0.3) is 5.91 Å². The number of pyridine rings is 1. The molecule has 3 N–H and O–H groups in total. The van der Waals surface area contributed by atoms with Crippen molar-refractivity contribution in [2.75, 3.05) is 12.3 Å². The molecule has 0 unspecified atom stereocenters. The first-order chi connectivity index (χ1) is 10.6. The molecule has 0 fully saturated rings. The predicted molar refractivity (Wildman–Crippen MR) is 87.1 cm³/mol. The Hall–Kier alpha value is -2.41. The summed E-state index contributed by atoms with van der Waals surface area (Å²) in [6.45, 7) is 2.48.